The van der Waals surface area contributed by atoms with Gasteiger partial charge in [-0.05, 0) is 19.1 Å². The smallest absolute Gasteiger partial charge is 0.242 e. The maximum absolute atomic E-state index is 11.7. The van der Waals surface area contributed by atoms with Crippen LogP contribution in [0.5, 0.6) is 0 Å². The van der Waals surface area contributed by atoms with Crippen LogP contribution in [0.25, 0.3) is 0 Å². The highest BCUT2D eigenvalue weighted by Gasteiger charge is 2.28. The molecule has 6 nitrogen and oxygen atoms in total. The summed E-state index contributed by atoms with van der Waals surface area (Å²) < 4.78 is 23.3. The van der Waals surface area contributed by atoms with Crippen molar-refractivity contribution in [1.82, 2.24) is 5.32 Å². The quantitative estimate of drug-likeness (QED) is 0.745. The highest BCUT2D eigenvalue weighted by Crippen LogP contribution is 2.31. The topological polar surface area (TPSA) is 92.5 Å². The van der Waals surface area contributed by atoms with Crippen molar-refractivity contribution < 1.29 is 13.2 Å². The minimum atomic E-state index is -3.38. The Balaban J connectivity index is 2.49. The molecule has 1 fully saturated rings. The number of hydrogen-bond acceptors (Lipinski definition) is 5. The number of nitrogens with two attached hydrogens (primary N) is 1. The molecule has 0 bridgehead atoms. The van der Waals surface area contributed by atoms with Gasteiger partial charge in [-0.2, -0.15) is 0 Å². The van der Waals surface area contributed by atoms with Crippen LogP contribution in [0.4, 0.5) is 11.4 Å². The van der Waals surface area contributed by atoms with Gasteiger partial charge in [0.2, 0.25) is 5.91 Å². The third kappa shape index (κ3) is 2.51. The Morgan fingerprint density at radius 1 is 1.42 bits per heavy atom. The lowest BCUT2D eigenvalue weighted by atomic mass is 10.1. The summed E-state index contributed by atoms with van der Waals surface area (Å²) in [5.74, 6) is -0.0876. The zero-order valence-corrected chi connectivity index (χ0v) is 11.7. The van der Waals surface area contributed by atoms with Gasteiger partial charge in [0.05, 0.1) is 16.3 Å². The lowest BCUT2D eigenvalue weighted by molar-refractivity contribution is -0.122. The summed E-state index contributed by atoms with van der Waals surface area (Å²) in [5.41, 5.74) is 6.74. The van der Waals surface area contributed by atoms with Crippen LogP contribution in [-0.4, -0.2) is 39.7 Å². The van der Waals surface area contributed by atoms with Crippen molar-refractivity contribution in [2.75, 3.05) is 30.0 Å². The minimum absolute atomic E-state index is 0.0876. The van der Waals surface area contributed by atoms with E-state index in [0.717, 1.165) is 6.26 Å². The molecule has 1 saturated heterocycles. The number of para-hydroxylation sites is 1. The number of piperazine rings is 1. The van der Waals surface area contributed by atoms with E-state index in [1.165, 1.54) is 6.07 Å². The minimum Gasteiger partial charge on any atom is -0.396 e. The molecule has 1 atom stereocenters. The number of anilines is 2. The van der Waals surface area contributed by atoms with E-state index in [1.807, 2.05) is 4.90 Å². The van der Waals surface area contributed by atoms with Gasteiger partial charge >= 0.3 is 0 Å². The standard InChI is InChI=1S/C12H17N3O3S/c1-8-12(16)14-6-7-15(8)9-4-3-5-10(11(9)13)19(2,17)18/h3-5,8H,6-7,13H2,1-2H3,(H,14,16). The monoisotopic (exact) mass is 283 g/mol. The number of nitrogens with one attached hydrogen (secondary N) is 1. The van der Waals surface area contributed by atoms with Crippen LogP contribution < -0.4 is 16.0 Å². The number of amides is 1. The number of sulfone groups is 1. The van der Waals surface area contributed by atoms with Crippen LogP contribution >= 0.6 is 0 Å². The molecule has 1 aliphatic rings. The largest absolute Gasteiger partial charge is 0.396 e. The van der Waals surface area contributed by atoms with Crippen LogP contribution in [0.1, 0.15) is 6.92 Å². The molecule has 1 unspecified atom stereocenters. The maximum Gasteiger partial charge on any atom is 0.242 e. The molecule has 1 amide bonds. The first-order valence-corrected chi connectivity index (χ1v) is 7.84. The Kier molecular flexibility index (Phi) is 3.40. The predicted molar refractivity (Wildman–Crippen MR) is 73.8 cm³/mol. The highest BCUT2D eigenvalue weighted by atomic mass is 32.2. The first kappa shape index (κ1) is 13.7. The molecule has 19 heavy (non-hydrogen) atoms. The maximum atomic E-state index is 11.7. The van der Waals surface area contributed by atoms with Crippen molar-refractivity contribution in [3.63, 3.8) is 0 Å². The van der Waals surface area contributed by atoms with E-state index in [4.69, 9.17) is 5.73 Å². The lowest BCUT2D eigenvalue weighted by Gasteiger charge is -2.35. The molecule has 0 saturated carbocycles. The van der Waals surface area contributed by atoms with E-state index in [-0.39, 0.29) is 22.5 Å². The lowest BCUT2D eigenvalue weighted by Crippen LogP contribution is -2.54. The van der Waals surface area contributed by atoms with Crippen LogP contribution in [0, 0.1) is 0 Å². The Hall–Kier alpha value is -1.76. The average Bonchev–Trinajstić information content (AvgIpc) is 2.32. The van der Waals surface area contributed by atoms with Crippen molar-refractivity contribution in [3.05, 3.63) is 18.2 Å². The number of nitrogens with zero attached hydrogens (tertiary/aromatic N) is 1. The van der Waals surface area contributed by atoms with Gasteiger partial charge in [0.1, 0.15) is 6.04 Å². The molecule has 0 aliphatic carbocycles. The molecule has 0 spiro atoms. The van der Waals surface area contributed by atoms with Gasteiger partial charge in [-0.1, -0.05) is 6.07 Å². The summed E-state index contributed by atoms with van der Waals surface area (Å²) in [6.07, 6.45) is 1.12. The fourth-order valence-electron chi connectivity index (χ4n) is 2.22. The molecule has 1 heterocycles. The van der Waals surface area contributed by atoms with E-state index in [1.54, 1.807) is 19.1 Å². The number of carbonyl (C=O) groups excluding carboxylic acids is 1. The number of hydrogen-bond donors (Lipinski definition) is 2. The molecule has 7 heteroatoms. The highest BCUT2D eigenvalue weighted by molar-refractivity contribution is 7.90. The van der Waals surface area contributed by atoms with Gasteiger partial charge < -0.3 is 16.0 Å². The molecular formula is C12H17N3O3S. The number of nitrogen functional groups attached to an aromatic ring is 1. The second kappa shape index (κ2) is 4.73. The van der Waals surface area contributed by atoms with Gasteiger partial charge in [-0.3, -0.25) is 4.79 Å². The van der Waals surface area contributed by atoms with Crippen LogP contribution in [0.2, 0.25) is 0 Å². The summed E-state index contributed by atoms with van der Waals surface area (Å²) >= 11 is 0. The fourth-order valence-corrected chi connectivity index (χ4v) is 3.05. The molecule has 1 aromatic carbocycles. The van der Waals surface area contributed by atoms with Crippen molar-refractivity contribution >= 4 is 27.1 Å². The molecule has 2 rings (SSSR count). The molecule has 1 aromatic rings. The summed E-state index contributed by atoms with van der Waals surface area (Å²) in [6, 6.07) is 4.48. The van der Waals surface area contributed by atoms with Crippen LogP contribution in [-0.2, 0) is 14.6 Å². The molecule has 0 radical (unpaired) electrons. The molecule has 3 N–H and O–H groups in total. The Bertz CT molecular complexity index is 613. The first-order chi connectivity index (χ1) is 8.82. The number of rotatable bonds is 2. The van der Waals surface area contributed by atoms with Gasteiger partial charge in [0, 0.05) is 19.3 Å². The average molecular weight is 283 g/mol. The number of carbonyl (C=O) groups is 1. The molecule has 1 aliphatic heterocycles. The van der Waals surface area contributed by atoms with E-state index in [9.17, 15) is 13.2 Å². The third-order valence-corrected chi connectivity index (χ3v) is 4.41. The summed E-state index contributed by atoms with van der Waals surface area (Å²) in [7, 11) is -3.38. The zero-order chi connectivity index (χ0) is 14.2. The third-order valence-electron chi connectivity index (χ3n) is 3.25. The van der Waals surface area contributed by atoms with Crippen LogP contribution in [0.3, 0.4) is 0 Å². The van der Waals surface area contributed by atoms with Gasteiger partial charge in [-0.15, -0.1) is 0 Å². The number of benzene rings is 1. The normalized spacial score (nSPS) is 20.2. The molecule has 104 valence electrons. The Morgan fingerprint density at radius 3 is 2.74 bits per heavy atom. The first-order valence-electron chi connectivity index (χ1n) is 5.95. The van der Waals surface area contributed by atoms with E-state index in [0.29, 0.717) is 18.8 Å². The predicted octanol–water partition coefficient (Wildman–Crippen LogP) is -0.00300. The zero-order valence-electron chi connectivity index (χ0n) is 10.9. The SMILES string of the molecule is CC1C(=O)NCCN1c1cccc(S(C)(=O)=O)c1N. The van der Waals surface area contributed by atoms with Crippen molar-refractivity contribution in [2.24, 2.45) is 0 Å². The van der Waals surface area contributed by atoms with E-state index in [2.05, 4.69) is 5.32 Å². The van der Waals surface area contributed by atoms with Gasteiger partial charge in [0.15, 0.2) is 9.84 Å². The Labute approximate surface area is 112 Å². The molecular weight excluding hydrogens is 266 g/mol. The summed E-state index contributed by atoms with van der Waals surface area (Å²) in [4.78, 5) is 13.6. The molecule has 0 aromatic heterocycles. The second-order valence-corrected chi connectivity index (χ2v) is 6.61. The van der Waals surface area contributed by atoms with Crippen molar-refractivity contribution in [3.8, 4) is 0 Å². The van der Waals surface area contributed by atoms with Crippen LogP contribution in [0.15, 0.2) is 23.1 Å². The second-order valence-electron chi connectivity index (χ2n) is 4.62. The van der Waals surface area contributed by atoms with E-state index < -0.39 is 9.84 Å². The fraction of sp³-hybridized carbons (Fsp3) is 0.417. The van der Waals surface area contributed by atoms with Crippen molar-refractivity contribution in [2.45, 2.75) is 17.9 Å². The van der Waals surface area contributed by atoms with E-state index >= 15 is 0 Å². The Morgan fingerprint density at radius 2 is 2.11 bits per heavy atom. The summed E-state index contributed by atoms with van der Waals surface area (Å²) in [6.45, 7) is 2.89. The van der Waals surface area contributed by atoms with Gasteiger partial charge in [0.25, 0.3) is 0 Å². The van der Waals surface area contributed by atoms with Gasteiger partial charge in [-0.25, -0.2) is 8.42 Å². The van der Waals surface area contributed by atoms with Crippen molar-refractivity contribution in [1.29, 1.82) is 0 Å². The summed E-state index contributed by atoms with van der Waals surface area (Å²) in [5, 5.41) is 2.76.